The number of benzene rings is 1. The Morgan fingerprint density at radius 2 is 2.00 bits per heavy atom. The number of nitrogens with one attached hydrogen (secondary N) is 1. The number of fused-ring (bicyclic) bond motifs is 1. The third kappa shape index (κ3) is 3.85. The summed E-state index contributed by atoms with van der Waals surface area (Å²) in [5.41, 5.74) is 0.870. The molecule has 2 aromatic rings. The molecule has 1 amide bonds. The number of carbonyl (C=O) groups is 1. The number of anilines is 1. The van der Waals surface area contributed by atoms with Crippen LogP contribution in [0.15, 0.2) is 30.5 Å². The molecule has 0 spiro atoms. The smallest absolute Gasteiger partial charge is 0.231 e. The molecule has 4 rings (SSSR count). The zero-order valence-electron chi connectivity index (χ0n) is 14.3. The van der Waals surface area contributed by atoms with Gasteiger partial charge in [-0.2, -0.15) is 0 Å². The second kappa shape index (κ2) is 7.57. The minimum absolute atomic E-state index is 0.0933. The van der Waals surface area contributed by atoms with Gasteiger partial charge in [-0.1, -0.05) is 6.07 Å². The fraction of sp³-hybridized carbons (Fsp3) is 0.389. The zero-order valence-corrected chi connectivity index (χ0v) is 14.3. The van der Waals surface area contributed by atoms with Crippen molar-refractivity contribution in [1.29, 1.82) is 0 Å². The Kier molecular flexibility index (Phi) is 4.83. The number of hydrogen-bond donors (Lipinski definition) is 1. The normalized spacial score (nSPS) is 15.8. The molecule has 136 valence electrons. The highest BCUT2D eigenvalue weighted by molar-refractivity contribution is 5.78. The molecule has 1 N–H and O–H groups in total. The van der Waals surface area contributed by atoms with Gasteiger partial charge in [0.2, 0.25) is 12.7 Å². The monoisotopic (exact) mass is 356 g/mol. The van der Waals surface area contributed by atoms with Crippen molar-refractivity contribution in [2.45, 2.75) is 13.0 Å². The highest BCUT2D eigenvalue weighted by atomic mass is 16.7. The lowest BCUT2D eigenvalue weighted by atomic mass is 10.1. The van der Waals surface area contributed by atoms with E-state index in [4.69, 9.17) is 14.2 Å². The minimum atomic E-state index is -0.0933. The third-order valence-corrected chi connectivity index (χ3v) is 4.27. The molecule has 0 bridgehead atoms. The Balaban J connectivity index is 1.32. The van der Waals surface area contributed by atoms with E-state index in [-0.39, 0.29) is 19.1 Å². The number of morpholine rings is 1. The summed E-state index contributed by atoms with van der Waals surface area (Å²) in [5, 5.41) is 2.87. The summed E-state index contributed by atoms with van der Waals surface area (Å²) in [6, 6.07) is 7.39. The molecule has 26 heavy (non-hydrogen) atoms. The van der Waals surface area contributed by atoms with Crippen LogP contribution >= 0.6 is 0 Å². The summed E-state index contributed by atoms with van der Waals surface area (Å²) in [4.78, 5) is 23.1. The maximum absolute atomic E-state index is 12.2. The molecule has 0 unspecified atom stereocenters. The molecule has 0 atom stereocenters. The summed E-state index contributed by atoms with van der Waals surface area (Å²) in [6.07, 6.45) is 1.98. The van der Waals surface area contributed by atoms with Crippen molar-refractivity contribution in [2.75, 3.05) is 38.0 Å². The fourth-order valence-electron chi connectivity index (χ4n) is 2.92. The van der Waals surface area contributed by atoms with Crippen LogP contribution in [0.4, 0.5) is 5.82 Å². The van der Waals surface area contributed by atoms with Gasteiger partial charge in [-0.15, -0.1) is 0 Å². The second-order valence-corrected chi connectivity index (χ2v) is 6.07. The van der Waals surface area contributed by atoms with E-state index < -0.39 is 0 Å². The van der Waals surface area contributed by atoms with E-state index in [0.29, 0.717) is 37.1 Å². The SMILES string of the molecule is O=C(Cc1ccc2c(c1)OCO2)NCc1nccc(N2CCOCC2)n1. The molecular weight excluding hydrogens is 336 g/mol. The van der Waals surface area contributed by atoms with E-state index in [1.807, 2.05) is 24.3 Å². The Morgan fingerprint density at radius 1 is 1.15 bits per heavy atom. The molecule has 0 saturated carbocycles. The molecule has 1 fully saturated rings. The fourth-order valence-corrected chi connectivity index (χ4v) is 2.92. The zero-order chi connectivity index (χ0) is 17.8. The summed E-state index contributed by atoms with van der Waals surface area (Å²) >= 11 is 0. The predicted molar refractivity (Wildman–Crippen MR) is 93.2 cm³/mol. The Morgan fingerprint density at radius 3 is 2.88 bits per heavy atom. The summed E-state index contributed by atoms with van der Waals surface area (Å²) in [5.74, 6) is 2.75. The van der Waals surface area contributed by atoms with Crippen LogP contribution in [-0.2, 0) is 22.5 Å². The van der Waals surface area contributed by atoms with Crippen molar-refractivity contribution < 1.29 is 19.0 Å². The summed E-state index contributed by atoms with van der Waals surface area (Å²) < 4.78 is 16.0. The molecule has 2 aliphatic heterocycles. The maximum atomic E-state index is 12.2. The van der Waals surface area contributed by atoms with Gasteiger partial charge in [0.1, 0.15) is 11.6 Å². The third-order valence-electron chi connectivity index (χ3n) is 4.27. The second-order valence-electron chi connectivity index (χ2n) is 6.07. The average molecular weight is 356 g/mol. The Labute approximate surface area is 151 Å². The molecule has 2 aliphatic rings. The van der Waals surface area contributed by atoms with Crippen LogP contribution in [0.25, 0.3) is 0 Å². The number of aromatic nitrogens is 2. The molecule has 3 heterocycles. The van der Waals surface area contributed by atoms with Crippen LogP contribution in [0.1, 0.15) is 11.4 Å². The predicted octanol–water partition coefficient (Wildman–Crippen LogP) is 0.901. The first kappa shape index (κ1) is 16.6. The van der Waals surface area contributed by atoms with Crippen LogP contribution in [0, 0.1) is 0 Å². The molecule has 0 aliphatic carbocycles. The molecule has 8 heteroatoms. The van der Waals surface area contributed by atoms with Crippen molar-refractivity contribution in [1.82, 2.24) is 15.3 Å². The lowest BCUT2D eigenvalue weighted by Gasteiger charge is -2.27. The van der Waals surface area contributed by atoms with Gasteiger partial charge in [0.05, 0.1) is 26.2 Å². The molecule has 1 saturated heterocycles. The minimum Gasteiger partial charge on any atom is -0.454 e. The number of nitrogens with zero attached hydrogens (tertiary/aromatic N) is 3. The van der Waals surface area contributed by atoms with Crippen molar-refractivity contribution in [3.05, 3.63) is 41.9 Å². The summed E-state index contributed by atoms with van der Waals surface area (Å²) in [7, 11) is 0. The van der Waals surface area contributed by atoms with E-state index in [9.17, 15) is 4.79 Å². The Bertz CT molecular complexity index is 793. The van der Waals surface area contributed by atoms with Gasteiger partial charge >= 0.3 is 0 Å². The first-order valence-electron chi connectivity index (χ1n) is 8.58. The number of rotatable bonds is 5. The van der Waals surface area contributed by atoms with E-state index in [2.05, 4.69) is 20.2 Å². The van der Waals surface area contributed by atoms with Crippen molar-refractivity contribution in [2.24, 2.45) is 0 Å². The van der Waals surface area contributed by atoms with Crippen molar-refractivity contribution in [3.63, 3.8) is 0 Å². The summed E-state index contributed by atoms with van der Waals surface area (Å²) in [6.45, 7) is 3.54. The standard InChI is InChI=1S/C18H20N4O4/c23-18(10-13-1-2-14-15(9-13)26-12-25-14)20-11-16-19-4-3-17(21-16)22-5-7-24-8-6-22/h1-4,9H,5-8,10-12H2,(H,20,23). The van der Waals surface area contributed by atoms with Gasteiger partial charge in [-0.25, -0.2) is 9.97 Å². The lowest BCUT2D eigenvalue weighted by molar-refractivity contribution is -0.120. The van der Waals surface area contributed by atoms with Gasteiger partial charge in [0.25, 0.3) is 0 Å². The molecule has 0 radical (unpaired) electrons. The number of hydrogen-bond acceptors (Lipinski definition) is 7. The topological polar surface area (TPSA) is 85.8 Å². The van der Waals surface area contributed by atoms with Crippen LogP contribution in [0.2, 0.25) is 0 Å². The lowest BCUT2D eigenvalue weighted by Crippen LogP contribution is -2.37. The van der Waals surface area contributed by atoms with Gasteiger partial charge in [-0.05, 0) is 23.8 Å². The first-order valence-corrected chi connectivity index (χ1v) is 8.58. The first-order chi connectivity index (χ1) is 12.8. The quantitative estimate of drug-likeness (QED) is 0.852. The van der Waals surface area contributed by atoms with Gasteiger partial charge < -0.3 is 24.4 Å². The van der Waals surface area contributed by atoms with Crippen molar-refractivity contribution in [3.8, 4) is 11.5 Å². The van der Waals surface area contributed by atoms with Crippen LogP contribution in [0.5, 0.6) is 11.5 Å². The Hall–Kier alpha value is -2.87. The number of ether oxygens (including phenoxy) is 3. The van der Waals surface area contributed by atoms with Crippen LogP contribution in [0.3, 0.4) is 0 Å². The number of amides is 1. The van der Waals surface area contributed by atoms with Gasteiger partial charge in [0, 0.05) is 19.3 Å². The van der Waals surface area contributed by atoms with E-state index in [1.165, 1.54) is 0 Å². The van der Waals surface area contributed by atoms with E-state index in [0.717, 1.165) is 24.5 Å². The molecular formula is C18H20N4O4. The van der Waals surface area contributed by atoms with Crippen molar-refractivity contribution >= 4 is 11.7 Å². The largest absolute Gasteiger partial charge is 0.454 e. The van der Waals surface area contributed by atoms with E-state index >= 15 is 0 Å². The van der Waals surface area contributed by atoms with Gasteiger partial charge in [-0.3, -0.25) is 4.79 Å². The van der Waals surface area contributed by atoms with Crippen LogP contribution in [-0.4, -0.2) is 49.0 Å². The van der Waals surface area contributed by atoms with E-state index in [1.54, 1.807) is 6.20 Å². The highest BCUT2D eigenvalue weighted by Gasteiger charge is 2.15. The van der Waals surface area contributed by atoms with Crippen LogP contribution < -0.4 is 19.7 Å². The molecule has 1 aromatic carbocycles. The number of carbonyl (C=O) groups excluding carboxylic acids is 1. The maximum Gasteiger partial charge on any atom is 0.231 e. The average Bonchev–Trinajstić information content (AvgIpc) is 3.15. The molecule has 1 aromatic heterocycles. The molecule has 8 nitrogen and oxygen atoms in total. The van der Waals surface area contributed by atoms with Gasteiger partial charge in [0.15, 0.2) is 11.5 Å². The highest BCUT2D eigenvalue weighted by Crippen LogP contribution is 2.32.